The smallest absolute Gasteiger partial charge is 0.315 e. The molecule has 1 heterocycles. The molecule has 1 saturated heterocycles. The number of carbonyl (C=O) groups is 5. The van der Waals surface area contributed by atoms with Crippen LogP contribution in [-0.4, -0.2) is 91.6 Å². The highest BCUT2D eigenvalue weighted by Gasteiger charge is 2.70. The first kappa shape index (κ1) is 38.9. The number of unbranched alkanes of at least 4 members (excludes halogenated alkanes) is 1. The summed E-state index contributed by atoms with van der Waals surface area (Å²) in [6, 6.07) is -3.84. The molecule has 3 fully saturated rings. The number of ketones is 1. The lowest BCUT2D eigenvalue weighted by Crippen LogP contribution is -2.63. The molecule has 3 aliphatic rings. The van der Waals surface area contributed by atoms with Gasteiger partial charge in [-0.2, -0.15) is 0 Å². The molecule has 0 aromatic rings. The molecule has 48 heavy (non-hydrogen) atoms. The van der Waals surface area contributed by atoms with Crippen LogP contribution in [0.2, 0.25) is 0 Å². The molecule has 12 nitrogen and oxygen atoms in total. The number of hydrogen-bond acceptors (Lipinski definition) is 7. The summed E-state index contributed by atoms with van der Waals surface area (Å²) in [6.07, 6.45) is 16.5. The van der Waals surface area contributed by atoms with Crippen LogP contribution in [-0.2, 0) is 29.0 Å². The largest absolute Gasteiger partial charge is 0.349 e. The average Bonchev–Trinajstić information content (AvgIpc) is 3.30. The molecule has 1 aliphatic heterocycles. The van der Waals surface area contributed by atoms with Crippen LogP contribution < -0.4 is 21.3 Å². The van der Waals surface area contributed by atoms with Gasteiger partial charge in [-0.3, -0.25) is 19.2 Å². The highest BCUT2D eigenvalue weighted by molar-refractivity contribution is 7.90. The van der Waals surface area contributed by atoms with E-state index in [-0.39, 0.29) is 48.9 Å². The van der Waals surface area contributed by atoms with E-state index in [2.05, 4.69) is 33.1 Å². The van der Waals surface area contributed by atoms with Crippen LogP contribution in [0.4, 0.5) is 4.79 Å². The van der Waals surface area contributed by atoms with Crippen LogP contribution in [0.5, 0.6) is 0 Å². The van der Waals surface area contributed by atoms with E-state index >= 15 is 0 Å². The summed E-state index contributed by atoms with van der Waals surface area (Å²) >= 11 is 0. The molecule has 266 valence electrons. The van der Waals surface area contributed by atoms with Crippen molar-refractivity contribution in [2.75, 3.05) is 25.1 Å². The van der Waals surface area contributed by atoms with Gasteiger partial charge in [0.15, 0.2) is 0 Å². The van der Waals surface area contributed by atoms with E-state index in [9.17, 15) is 32.4 Å². The van der Waals surface area contributed by atoms with Gasteiger partial charge in [0.1, 0.15) is 21.9 Å². The van der Waals surface area contributed by atoms with Gasteiger partial charge in [0.25, 0.3) is 5.91 Å². The Labute approximate surface area is 286 Å². The molecule has 2 aliphatic carbocycles. The summed E-state index contributed by atoms with van der Waals surface area (Å²) < 4.78 is 24.6. The number of likely N-dealkylation sites (tertiary alicyclic amines) is 1. The molecule has 5 amide bonds. The number of fused-ring (bicyclic) bond motifs is 1. The van der Waals surface area contributed by atoms with Crippen LogP contribution in [0.25, 0.3) is 0 Å². The molecule has 4 N–H and O–H groups in total. The fraction of sp³-hybridized carbons (Fsp3) is 0.743. The van der Waals surface area contributed by atoms with Gasteiger partial charge in [0.2, 0.25) is 17.6 Å². The van der Waals surface area contributed by atoms with E-state index in [1.165, 1.54) is 4.90 Å². The van der Waals surface area contributed by atoms with Crippen LogP contribution in [0, 0.1) is 47.4 Å². The highest BCUT2D eigenvalue weighted by Crippen LogP contribution is 2.65. The molecule has 13 heteroatoms. The van der Waals surface area contributed by atoms with Crippen LogP contribution in [0.1, 0.15) is 92.4 Å². The van der Waals surface area contributed by atoms with Crippen molar-refractivity contribution in [2.45, 2.75) is 116 Å². The standard InChI is InChI=1S/C35H53N5O7S/c1-9-11-16-20-36-30(43)27(41)24(17-12-10-2)37-29(42)26-25-23(34(25,6)7)21-40(26)31(44)28(33(3,4)5)38-32(45)39-35(22-48(8,46)47)18-14-13-15-19-35/h1-2,23-26,28H,11-22H2,3-8H3,(H,36,43)(H,37,42)(H2,38,39,45)/t23-,24?,25-,26-,28+/m0/s1. The minimum Gasteiger partial charge on any atom is -0.349 e. The third kappa shape index (κ3) is 9.52. The molecule has 2 saturated carbocycles. The molecule has 0 radical (unpaired) electrons. The zero-order valence-electron chi connectivity index (χ0n) is 29.2. The quantitative estimate of drug-likeness (QED) is 0.123. The van der Waals surface area contributed by atoms with Gasteiger partial charge >= 0.3 is 6.03 Å². The van der Waals surface area contributed by atoms with E-state index in [4.69, 9.17) is 12.8 Å². The van der Waals surface area contributed by atoms with Crippen LogP contribution in [0.3, 0.4) is 0 Å². The highest BCUT2D eigenvalue weighted by atomic mass is 32.2. The fourth-order valence-corrected chi connectivity index (χ4v) is 8.83. The van der Waals surface area contributed by atoms with Gasteiger partial charge in [-0.25, -0.2) is 13.2 Å². The molecular formula is C35H53N5O7S. The SMILES string of the molecule is C#CCCCNC(=O)C(=O)C(CCC#C)NC(=O)[C@@H]1[C@@H]2[C@H](CN1C(=O)[C@@H](NC(=O)NC1(CS(C)(=O)=O)CCCCC1)C(C)(C)C)C2(C)C. The average molecular weight is 688 g/mol. The summed E-state index contributed by atoms with van der Waals surface area (Å²) in [6.45, 7) is 9.93. The Balaban J connectivity index is 1.82. The lowest BCUT2D eigenvalue weighted by atomic mass is 9.83. The number of piperidine rings is 1. The number of rotatable bonds is 14. The zero-order valence-corrected chi connectivity index (χ0v) is 30.1. The third-order valence-corrected chi connectivity index (χ3v) is 11.2. The normalized spacial score (nSPS) is 23.7. The van der Waals surface area contributed by atoms with Crippen LogP contribution >= 0.6 is 0 Å². The van der Waals surface area contributed by atoms with E-state index in [1.54, 1.807) is 20.8 Å². The summed E-state index contributed by atoms with van der Waals surface area (Å²) in [5.41, 5.74) is -1.96. The van der Waals surface area contributed by atoms with E-state index < -0.39 is 68.5 Å². The van der Waals surface area contributed by atoms with Crippen molar-refractivity contribution < 1.29 is 32.4 Å². The monoisotopic (exact) mass is 687 g/mol. The Bertz CT molecular complexity index is 1450. The predicted molar refractivity (Wildman–Crippen MR) is 183 cm³/mol. The molecule has 0 aromatic heterocycles. The van der Waals surface area contributed by atoms with Crippen molar-refractivity contribution in [3.8, 4) is 24.7 Å². The van der Waals surface area contributed by atoms with Gasteiger partial charge in [0.05, 0.1) is 17.3 Å². The van der Waals surface area contributed by atoms with Crippen molar-refractivity contribution in [3.63, 3.8) is 0 Å². The van der Waals surface area contributed by atoms with Crippen molar-refractivity contribution >= 4 is 39.4 Å². The number of nitrogens with one attached hydrogen (secondary N) is 4. The number of sulfone groups is 1. The Kier molecular flexibility index (Phi) is 12.4. The first-order valence-electron chi connectivity index (χ1n) is 16.8. The van der Waals surface area contributed by atoms with Crippen molar-refractivity contribution in [3.05, 3.63) is 0 Å². The first-order chi connectivity index (χ1) is 22.3. The van der Waals surface area contributed by atoms with Crippen molar-refractivity contribution in [1.82, 2.24) is 26.2 Å². The van der Waals surface area contributed by atoms with Crippen molar-refractivity contribution in [1.29, 1.82) is 0 Å². The van der Waals surface area contributed by atoms with Crippen LogP contribution in [0.15, 0.2) is 0 Å². The molecule has 0 aromatic carbocycles. The molecule has 0 spiro atoms. The topological polar surface area (TPSA) is 171 Å². The second kappa shape index (κ2) is 15.3. The maximum Gasteiger partial charge on any atom is 0.315 e. The predicted octanol–water partition coefficient (Wildman–Crippen LogP) is 1.93. The summed E-state index contributed by atoms with van der Waals surface area (Å²) in [7, 11) is -3.41. The molecule has 1 unspecified atom stereocenters. The van der Waals surface area contributed by atoms with E-state index in [1.807, 2.05) is 13.8 Å². The second-order valence-corrected chi connectivity index (χ2v) is 17.6. The van der Waals surface area contributed by atoms with Gasteiger partial charge in [-0.1, -0.05) is 53.9 Å². The summed E-state index contributed by atoms with van der Waals surface area (Å²) in [5.74, 6) is 1.82. The van der Waals surface area contributed by atoms with Gasteiger partial charge in [-0.15, -0.1) is 24.7 Å². The summed E-state index contributed by atoms with van der Waals surface area (Å²) in [5, 5.41) is 11.0. The number of Topliss-reactive ketones (excluding diaryl/α,β-unsaturated/α-hetero) is 1. The number of urea groups is 1. The van der Waals surface area contributed by atoms with E-state index in [0.29, 0.717) is 25.7 Å². The summed E-state index contributed by atoms with van der Waals surface area (Å²) in [4.78, 5) is 69.1. The Morgan fingerprint density at radius 1 is 0.979 bits per heavy atom. The Morgan fingerprint density at radius 3 is 2.17 bits per heavy atom. The zero-order chi connectivity index (χ0) is 36.1. The third-order valence-electron chi connectivity index (χ3n) is 10.1. The number of hydrogen-bond donors (Lipinski definition) is 4. The van der Waals surface area contributed by atoms with Gasteiger partial charge < -0.3 is 26.2 Å². The molecule has 0 bridgehead atoms. The fourth-order valence-electron chi connectivity index (χ4n) is 7.46. The van der Waals surface area contributed by atoms with Crippen molar-refractivity contribution in [2.24, 2.45) is 22.7 Å². The van der Waals surface area contributed by atoms with Gasteiger partial charge in [0, 0.05) is 32.2 Å². The number of nitrogens with zero attached hydrogens (tertiary/aromatic N) is 1. The molecule has 5 atom stereocenters. The van der Waals surface area contributed by atoms with Gasteiger partial charge in [-0.05, 0) is 48.3 Å². The molecule has 3 rings (SSSR count). The number of terminal acetylenes is 2. The molecular weight excluding hydrogens is 634 g/mol. The lowest BCUT2D eigenvalue weighted by molar-refractivity contribution is -0.145. The Hall–Kier alpha value is -3.58. The first-order valence-corrected chi connectivity index (χ1v) is 18.9. The number of amides is 5. The van der Waals surface area contributed by atoms with E-state index in [0.717, 1.165) is 25.5 Å². The minimum absolute atomic E-state index is 0.0197. The minimum atomic E-state index is -3.41. The maximum absolute atomic E-state index is 14.3. The lowest BCUT2D eigenvalue weighted by Gasteiger charge is -2.40. The Morgan fingerprint density at radius 2 is 1.60 bits per heavy atom. The number of carbonyl (C=O) groups excluding carboxylic acids is 5. The maximum atomic E-state index is 14.3. The second-order valence-electron chi connectivity index (χ2n) is 15.4.